The molecule has 1 amide bonds. The molecule has 1 aromatic rings. The van der Waals surface area contributed by atoms with Crippen molar-refractivity contribution < 1.29 is 9.53 Å². The first kappa shape index (κ1) is 12.0. The molecule has 0 spiro atoms. The Morgan fingerprint density at radius 1 is 1.35 bits per heavy atom. The van der Waals surface area contributed by atoms with Crippen LogP contribution in [0, 0.1) is 5.92 Å². The fraction of sp³-hybridized carbons (Fsp3) is 0.500. The Morgan fingerprint density at radius 3 is 2.65 bits per heavy atom. The van der Waals surface area contributed by atoms with E-state index in [1.54, 1.807) is 7.11 Å². The Balaban J connectivity index is 2.08. The molecule has 1 aliphatic rings. The molecule has 0 aromatic heterocycles. The molecule has 0 N–H and O–H groups in total. The van der Waals surface area contributed by atoms with Crippen molar-refractivity contribution in [3.05, 3.63) is 24.3 Å². The highest BCUT2D eigenvalue weighted by Crippen LogP contribution is 2.28. The van der Waals surface area contributed by atoms with Gasteiger partial charge in [0, 0.05) is 18.7 Å². The third-order valence-electron chi connectivity index (χ3n) is 3.29. The fourth-order valence-corrected chi connectivity index (χ4v) is 2.39. The van der Waals surface area contributed by atoms with E-state index in [4.69, 9.17) is 4.74 Å². The van der Waals surface area contributed by atoms with Gasteiger partial charge in [0.1, 0.15) is 5.75 Å². The molecule has 3 heteroatoms. The first-order chi connectivity index (χ1) is 8.24. The van der Waals surface area contributed by atoms with E-state index in [-0.39, 0.29) is 5.91 Å². The van der Waals surface area contributed by atoms with Crippen LogP contribution in [0.3, 0.4) is 0 Å². The lowest BCUT2D eigenvalue weighted by Gasteiger charge is -2.17. The van der Waals surface area contributed by atoms with Gasteiger partial charge in [-0.1, -0.05) is 13.3 Å². The van der Waals surface area contributed by atoms with Crippen LogP contribution >= 0.6 is 0 Å². The SMILES string of the molecule is CCCC1CC(=O)N(c2ccc(OC)cc2)C1. The van der Waals surface area contributed by atoms with E-state index in [0.717, 1.165) is 30.8 Å². The standard InChI is InChI=1S/C14H19NO2/c1-3-4-11-9-14(16)15(10-11)12-5-7-13(17-2)8-6-12/h5-8,11H,3-4,9-10H2,1-2H3. The van der Waals surface area contributed by atoms with Crippen LogP contribution in [0.1, 0.15) is 26.2 Å². The van der Waals surface area contributed by atoms with Gasteiger partial charge in [-0.2, -0.15) is 0 Å². The maximum absolute atomic E-state index is 11.9. The number of hydrogen-bond acceptors (Lipinski definition) is 2. The maximum atomic E-state index is 11.9. The van der Waals surface area contributed by atoms with E-state index in [0.29, 0.717) is 12.3 Å². The van der Waals surface area contributed by atoms with Crippen LogP contribution in [0.25, 0.3) is 0 Å². The largest absolute Gasteiger partial charge is 0.497 e. The van der Waals surface area contributed by atoms with Crippen LogP contribution in [0.5, 0.6) is 5.75 Å². The van der Waals surface area contributed by atoms with E-state index in [9.17, 15) is 4.79 Å². The molecule has 17 heavy (non-hydrogen) atoms. The van der Waals surface area contributed by atoms with Gasteiger partial charge in [0.15, 0.2) is 0 Å². The second-order valence-electron chi connectivity index (χ2n) is 4.56. The molecule has 0 bridgehead atoms. The summed E-state index contributed by atoms with van der Waals surface area (Å²) in [5, 5.41) is 0. The lowest BCUT2D eigenvalue weighted by molar-refractivity contribution is -0.117. The van der Waals surface area contributed by atoms with E-state index in [2.05, 4.69) is 6.92 Å². The number of benzene rings is 1. The van der Waals surface area contributed by atoms with Gasteiger partial charge in [-0.25, -0.2) is 0 Å². The number of ether oxygens (including phenoxy) is 1. The number of rotatable bonds is 4. The summed E-state index contributed by atoms with van der Waals surface area (Å²) in [4.78, 5) is 13.8. The van der Waals surface area contributed by atoms with Gasteiger partial charge in [0.05, 0.1) is 7.11 Å². The molecule has 1 aliphatic heterocycles. The van der Waals surface area contributed by atoms with E-state index < -0.39 is 0 Å². The second kappa shape index (κ2) is 5.21. The van der Waals surface area contributed by atoms with Crippen molar-refractivity contribution in [2.24, 2.45) is 5.92 Å². The Labute approximate surface area is 102 Å². The molecule has 2 rings (SSSR count). The third kappa shape index (κ3) is 2.60. The normalized spacial score (nSPS) is 19.8. The summed E-state index contributed by atoms with van der Waals surface area (Å²) >= 11 is 0. The Kier molecular flexibility index (Phi) is 3.67. The molecule has 3 nitrogen and oxygen atoms in total. The summed E-state index contributed by atoms with van der Waals surface area (Å²) in [6.45, 7) is 3.03. The van der Waals surface area contributed by atoms with Crippen molar-refractivity contribution in [1.82, 2.24) is 0 Å². The molecule has 0 aliphatic carbocycles. The van der Waals surface area contributed by atoms with Crippen LogP contribution in [0.15, 0.2) is 24.3 Å². The molecular weight excluding hydrogens is 214 g/mol. The lowest BCUT2D eigenvalue weighted by Crippen LogP contribution is -2.24. The van der Waals surface area contributed by atoms with Gasteiger partial charge in [-0.3, -0.25) is 4.79 Å². The number of nitrogens with zero attached hydrogens (tertiary/aromatic N) is 1. The van der Waals surface area contributed by atoms with Crippen LogP contribution in [-0.2, 0) is 4.79 Å². The average Bonchev–Trinajstić information content (AvgIpc) is 2.71. The summed E-state index contributed by atoms with van der Waals surface area (Å²) < 4.78 is 5.11. The van der Waals surface area contributed by atoms with Gasteiger partial charge < -0.3 is 9.64 Å². The van der Waals surface area contributed by atoms with E-state index >= 15 is 0 Å². The highest BCUT2D eigenvalue weighted by molar-refractivity contribution is 5.95. The molecule has 1 fully saturated rings. The number of amides is 1. The lowest BCUT2D eigenvalue weighted by atomic mass is 10.0. The summed E-state index contributed by atoms with van der Waals surface area (Å²) in [6.07, 6.45) is 2.98. The maximum Gasteiger partial charge on any atom is 0.227 e. The van der Waals surface area contributed by atoms with Gasteiger partial charge >= 0.3 is 0 Å². The highest BCUT2D eigenvalue weighted by atomic mass is 16.5. The van der Waals surface area contributed by atoms with Crippen molar-refractivity contribution in [3.8, 4) is 5.75 Å². The van der Waals surface area contributed by atoms with Gasteiger partial charge in [0.2, 0.25) is 5.91 Å². The van der Waals surface area contributed by atoms with Crippen molar-refractivity contribution in [1.29, 1.82) is 0 Å². The molecule has 0 saturated carbocycles. The smallest absolute Gasteiger partial charge is 0.227 e. The molecule has 1 unspecified atom stereocenters. The minimum Gasteiger partial charge on any atom is -0.497 e. The number of hydrogen-bond donors (Lipinski definition) is 0. The minimum absolute atomic E-state index is 0.244. The number of methoxy groups -OCH3 is 1. The fourth-order valence-electron chi connectivity index (χ4n) is 2.39. The van der Waals surface area contributed by atoms with Crippen LogP contribution in [0.4, 0.5) is 5.69 Å². The molecule has 1 aromatic carbocycles. The van der Waals surface area contributed by atoms with Gasteiger partial charge in [0.25, 0.3) is 0 Å². The van der Waals surface area contributed by atoms with Crippen molar-refractivity contribution in [2.75, 3.05) is 18.6 Å². The zero-order chi connectivity index (χ0) is 12.3. The monoisotopic (exact) mass is 233 g/mol. The number of carbonyl (C=O) groups is 1. The highest BCUT2D eigenvalue weighted by Gasteiger charge is 2.29. The minimum atomic E-state index is 0.244. The van der Waals surface area contributed by atoms with Gasteiger partial charge in [-0.15, -0.1) is 0 Å². The Bertz CT molecular complexity index is 386. The first-order valence-electron chi connectivity index (χ1n) is 6.19. The predicted octanol–water partition coefficient (Wildman–Crippen LogP) is 2.85. The molecule has 92 valence electrons. The Hall–Kier alpha value is -1.51. The zero-order valence-electron chi connectivity index (χ0n) is 10.5. The van der Waals surface area contributed by atoms with Crippen molar-refractivity contribution in [3.63, 3.8) is 0 Å². The molecular formula is C14H19NO2. The first-order valence-corrected chi connectivity index (χ1v) is 6.19. The van der Waals surface area contributed by atoms with Crippen molar-refractivity contribution >= 4 is 11.6 Å². The van der Waals surface area contributed by atoms with Crippen LogP contribution < -0.4 is 9.64 Å². The summed E-state index contributed by atoms with van der Waals surface area (Å²) in [5.74, 6) is 1.59. The Morgan fingerprint density at radius 2 is 2.06 bits per heavy atom. The predicted molar refractivity (Wildman–Crippen MR) is 68.4 cm³/mol. The van der Waals surface area contributed by atoms with E-state index in [1.807, 2.05) is 29.2 Å². The number of anilines is 1. The van der Waals surface area contributed by atoms with E-state index in [1.165, 1.54) is 0 Å². The molecule has 1 heterocycles. The zero-order valence-corrected chi connectivity index (χ0v) is 10.5. The topological polar surface area (TPSA) is 29.5 Å². The summed E-state index contributed by atoms with van der Waals surface area (Å²) in [6, 6.07) is 7.70. The summed E-state index contributed by atoms with van der Waals surface area (Å²) in [5.41, 5.74) is 0.981. The number of carbonyl (C=O) groups excluding carboxylic acids is 1. The average molecular weight is 233 g/mol. The third-order valence-corrected chi connectivity index (χ3v) is 3.29. The summed E-state index contributed by atoms with van der Waals surface area (Å²) in [7, 11) is 1.65. The van der Waals surface area contributed by atoms with Crippen LogP contribution in [0.2, 0.25) is 0 Å². The quantitative estimate of drug-likeness (QED) is 0.800. The van der Waals surface area contributed by atoms with Crippen molar-refractivity contribution in [2.45, 2.75) is 26.2 Å². The van der Waals surface area contributed by atoms with Gasteiger partial charge in [-0.05, 0) is 36.6 Å². The second-order valence-corrected chi connectivity index (χ2v) is 4.56. The molecule has 0 radical (unpaired) electrons. The molecule has 1 atom stereocenters. The molecule has 1 saturated heterocycles. The van der Waals surface area contributed by atoms with Crippen LogP contribution in [-0.4, -0.2) is 19.6 Å².